The Labute approximate surface area is 148 Å². The number of nitrogens with zero attached hydrogens (tertiary/aromatic N) is 1. The topological polar surface area (TPSA) is 84.3 Å². The normalized spacial score (nSPS) is 24.9. The Kier molecular flexibility index (Phi) is 6.02. The molecule has 2 aliphatic rings. The number of nitro groups is 1. The summed E-state index contributed by atoms with van der Waals surface area (Å²) in [5, 5.41) is 17.3. The zero-order valence-corrected chi connectivity index (χ0v) is 14.6. The van der Waals surface area contributed by atoms with E-state index in [0.717, 1.165) is 37.7 Å². The molecule has 0 aromatic heterocycles. The van der Waals surface area contributed by atoms with Crippen molar-refractivity contribution >= 4 is 11.6 Å². The molecule has 136 valence electrons. The van der Waals surface area contributed by atoms with Crippen LogP contribution in [0.3, 0.4) is 0 Å². The lowest BCUT2D eigenvalue weighted by Crippen LogP contribution is -2.39. The number of non-ortho nitro benzene ring substituents is 1. The molecule has 1 aromatic carbocycles. The number of rotatable bonds is 8. The van der Waals surface area contributed by atoms with Crippen LogP contribution in [0.5, 0.6) is 0 Å². The summed E-state index contributed by atoms with van der Waals surface area (Å²) in [6, 6.07) is 7.98. The van der Waals surface area contributed by atoms with E-state index in [-0.39, 0.29) is 16.5 Å². The Bertz CT molecular complexity index is 590. The molecule has 6 heteroatoms. The molecular formula is C19H27N3O3. The minimum atomic E-state index is -0.382. The number of nitro benzene ring substituents is 1. The third kappa shape index (κ3) is 5.26. The molecule has 2 unspecified atom stereocenters. The summed E-state index contributed by atoms with van der Waals surface area (Å²) in [7, 11) is 0. The summed E-state index contributed by atoms with van der Waals surface area (Å²) >= 11 is 0. The summed E-state index contributed by atoms with van der Waals surface area (Å²) in [5.74, 6) is 0.723. The maximum absolute atomic E-state index is 12.1. The van der Waals surface area contributed by atoms with Crippen molar-refractivity contribution in [1.29, 1.82) is 0 Å². The second-order valence-electron chi connectivity index (χ2n) is 7.41. The van der Waals surface area contributed by atoms with Crippen molar-refractivity contribution in [3.8, 4) is 0 Å². The molecule has 6 nitrogen and oxygen atoms in total. The average molecular weight is 345 g/mol. The second kappa shape index (κ2) is 8.43. The highest BCUT2D eigenvalue weighted by atomic mass is 16.6. The van der Waals surface area contributed by atoms with Gasteiger partial charge in [-0.15, -0.1) is 0 Å². The fourth-order valence-corrected chi connectivity index (χ4v) is 4.14. The number of amides is 1. The van der Waals surface area contributed by atoms with Crippen molar-refractivity contribution in [2.24, 2.45) is 5.92 Å². The number of carbonyl (C=O) groups excluding carboxylic acids is 1. The van der Waals surface area contributed by atoms with Crippen LogP contribution < -0.4 is 10.6 Å². The predicted octanol–water partition coefficient (Wildman–Crippen LogP) is 2.95. The Morgan fingerprint density at radius 2 is 1.84 bits per heavy atom. The highest BCUT2D eigenvalue weighted by Crippen LogP contribution is 2.32. The standard InChI is InChI=1S/C19H27N3O3/c23-19(13-15-11-16-6-7-17(12-15)21-16)20-10-2-1-3-14-4-8-18(9-5-14)22(24)25/h4-5,8-9,15-17,21H,1-3,6-7,10-13H2,(H,20,23). The molecule has 0 radical (unpaired) electrons. The first kappa shape index (κ1) is 17.9. The van der Waals surface area contributed by atoms with E-state index in [4.69, 9.17) is 0 Å². The Morgan fingerprint density at radius 1 is 1.16 bits per heavy atom. The van der Waals surface area contributed by atoms with Crippen LogP contribution >= 0.6 is 0 Å². The monoisotopic (exact) mass is 345 g/mol. The van der Waals surface area contributed by atoms with E-state index >= 15 is 0 Å². The zero-order chi connectivity index (χ0) is 17.6. The van der Waals surface area contributed by atoms with E-state index in [1.165, 1.54) is 12.8 Å². The number of hydrogen-bond donors (Lipinski definition) is 2. The molecule has 1 amide bonds. The fraction of sp³-hybridized carbons (Fsp3) is 0.632. The van der Waals surface area contributed by atoms with Crippen LogP contribution in [0.2, 0.25) is 0 Å². The first-order valence-corrected chi connectivity index (χ1v) is 9.36. The molecule has 2 bridgehead atoms. The number of benzene rings is 1. The summed E-state index contributed by atoms with van der Waals surface area (Å²) in [6.07, 6.45) is 8.27. The van der Waals surface area contributed by atoms with Crippen molar-refractivity contribution in [3.63, 3.8) is 0 Å². The molecule has 3 rings (SSSR count). The molecule has 1 aromatic rings. The maximum atomic E-state index is 12.1. The molecule has 2 saturated heterocycles. The minimum absolute atomic E-state index is 0.127. The molecule has 0 saturated carbocycles. The summed E-state index contributed by atoms with van der Waals surface area (Å²) < 4.78 is 0. The molecule has 2 heterocycles. The van der Waals surface area contributed by atoms with Gasteiger partial charge in [0, 0.05) is 37.2 Å². The van der Waals surface area contributed by atoms with Gasteiger partial charge in [-0.2, -0.15) is 0 Å². The summed E-state index contributed by atoms with van der Waals surface area (Å²) in [5.41, 5.74) is 1.23. The molecule has 0 spiro atoms. The number of unbranched alkanes of at least 4 members (excludes halogenated alkanes) is 1. The van der Waals surface area contributed by atoms with Gasteiger partial charge < -0.3 is 10.6 Å². The van der Waals surface area contributed by atoms with Crippen molar-refractivity contribution in [3.05, 3.63) is 39.9 Å². The van der Waals surface area contributed by atoms with Crippen LogP contribution in [0, 0.1) is 16.0 Å². The van der Waals surface area contributed by atoms with Gasteiger partial charge in [0.15, 0.2) is 0 Å². The number of hydrogen-bond acceptors (Lipinski definition) is 4. The Morgan fingerprint density at radius 3 is 2.48 bits per heavy atom. The number of piperidine rings is 1. The minimum Gasteiger partial charge on any atom is -0.356 e. The van der Waals surface area contributed by atoms with E-state index in [1.807, 2.05) is 12.1 Å². The van der Waals surface area contributed by atoms with Gasteiger partial charge >= 0.3 is 0 Å². The SMILES string of the molecule is O=C(CC1CC2CCC(C1)N2)NCCCCc1ccc([N+](=O)[O-])cc1. The Hall–Kier alpha value is -1.95. The lowest BCUT2D eigenvalue weighted by atomic mass is 9.89. The van der Waals surface area contributed by atoms with E-state index in [0.29, 0.717) is 31.0 Å². The summed E-state index contributed by atoms with van der Waals surface area (Å²) in [6.45, 7) is 0.712. The molecule has 2 atom stereocenters. The van der Waals surface area contributed by atoms with E-state index in [9.17, 15) is 14.9 Å². The summed E-state index contributed by atoms with van der Waals surface area (Å²) in [4.78, 5) is 22.3. The molecule has 2 aliphatic heterocycles. The number of nitrogens with one attached hydrogen (secondary N) is 2. The van der Waals surface area contributed by atoms with E-state index < -0.39 is 0 Å². The number of aryl methyl sites for hydroxylation is 1. The zero-order valence-electron chi connectivity index (χ0n) is 14.6. The highest BCUT2D eigenvalue weighted by Gasteiger charge is 2.33. The van der Waals surface area contributed by atoms with Gasteiger partial charge in [-0.1, -0.05) is 12.1 Å². The average Bonchev–Trinajstić information content (AvgIpc) is 2.93. The molecule has 25 heavy (non-hydrogen) atoms. The van der Waals surface area contributed by atoms with Gasteiger partial charge in [0.05, 0.1) is 4.92 Å². The molecule has 0 aliphatic carbocycles. The second-order valence-corrected chi connectivity index (χ2v) is 7.41. The predicted molar refractivity (Wildman–Crippen MR) is 96.3 cm³/mol. The smallest absolute Gasteiger partial charge is 0.269 e. The Balaban J connectivity index is 1.28. The van der Waals surface area contributed by atoms with Crippen LogP contribution in [0.4, 0.5) is 5.69 Å². The van der Waals surface area contributed by atoms with Crippen molar-refractivity contribution in [1.82, 2.24) is 10.6 Å². The van der Waals surface area contributed by atoms with Crippen molar-refractivity contribution in [2.45, 2.75) is 63.5 Å². The first-order chi connectivity index (χ1) is 12.1. The number of fused-ring (bicyclic) bond motifs is 2. The lowest BCUT2D eigenvalue weighted by molar-refractivity contribution is -0.384. The van der Waals surface area contributed by atoms with Gasteiger partial charge in [0.2, 0.25) is 5.91 Å². The van der Waals surface area contributed by atoms with Gasteiger partial charge in [-0.25, -0.2) is 0 Å². The van der Waals surface area contributed by atoms with Crippen LogP contribution in [-0.4, -0.2) is 29.5 Å². The van der Waals surface area contributed by atoms with Crippen LogP contribution in [0.15, 0.2) is 24.3 Å². The van der Waals surface area contributed by atoms with Gasteiger partial charge in [-0.3, -0.25) is 14.9 Å². The van der Waals surface area contributed by atoms with Crippen LogP contribution in [0.25, 0.3) is 0 Å². The maximum Gasteiger partial charge on any atom is 0.269 e. The number of carbonyl (C=O) groups is 1. The fourth-order valence-electron chi connectivity index (χ4n) is 4.14. The van der Waals surface area contributed by atoms with Crippen LogP contribution in [-0.2, 0) is 11.2 Å². The third-order valence-electron chi connectivity index (χ3n) is 5.41. The van der Waals surface area contributed by atoms with Gasteiger partial charge in [0.25, 0.3) is 5.69 Å². The lowest BCUT2D eigenvalue weighted by Gasteiger charge is -2.28. The largest absolute Gasteiger partial charge is 0.356 e. The van der Waals surface area contributed by atoms with Crippen LogP contribution in [0.1, 0.15) is 50.5 Å². The molecule has 2 N–H and O–H groups in total. The van der Waals surface area contributed by atoms with Crippen molar-refractivity contribution in [2.75, 3.05) is 6.54 Å². The molecular weight excluding hydrogens is 318 g/mol. The van der Waals surface area contributed by atoms with E-state index in [1.54, 1.807) is 12.1 Å². The first-order valence-electron chi connectivity index (χ1n) is 9.36. The molecule has 2 fully saturated rings. The van der Waals surface area contributed by atoms with Gasteiger partial charge in [0.1, 0.15) is 0 Å². The third-order valence-corrected chi connectivity index (χ3v) is 5.41. The van der Waals surface area contributed by atoms with E-state index in [2.05, 4.69) is 10.6 Å². The highest BCUT2D eigenvalue weighted by molar-refractivity contribution is 5.76. The van der Waals surface area contributed by atoms with Crippen molar-refractivity contribution < 1.29 is 9.72 Å². The van der Waals surface area contributed by atoms with Gasteiger partial charge in [-0.05, 0) is 56.4 Å². The quantitative estimate of drug-likeness (QED) is 0.431.